The number of anilines is 1. The maximum Gasteiger partial charge on any atom is 0.243 e. The number of benzene rings is 1. The van der Waals surface area contributed by atoms with Crippen molar-refractivity contribution in [3.63, 3.8) is 0 Å². The minimum absolute atomic E-state index is 0.00594. The summed E-state index contributed by atoms with van der Waals surface area (Å²) in [5, 5.41) is 0. The van der Waals surface area contributed by atoms with Gasteiger partial charge < -0.3 is 5.73 Å². The van der Waals surface area contributed by atoms with Gasteiger partial charge in [-0.05, 0) is 31.9 Å². The van der Waals surface area contributed by atoms with Crippen LogP contribution in [-0.2, 0) is 10.0 Å². The van der Waals surface area contributed by atoms with Gasteiger partial charge in [-0.3, -0.25) is 0 Å². The third kappa shape index (κ3) is 2.64. The van der Waals surface area contributed by atoms with Crippen LogP contribution in [0.2, 0.25) is 0 Å². The van der Waals surface area contributed by atoms with E-state index in [0.717, 1.165) is 18.9 Å². The Balaban J connectivity index is 2.46. The minimum atomic E-state index is -3.72. The lowest BCUT2D eigenvalue weighted by atomic mass is 10.2. The number of nitrogens with two attached hydrogens (primary N) is 1. The molecule has 0 aliphatic heterocycles. The molecule has 0 saturated heterocycles. The Hall–Kier alpha value is -1.40. The van der Waals surface area contributed by atoms with Gasteiger partial charge in [-0.15, -0.1) is 6.58 Å². The topological polar surface area (TPSA) is 63.4 Å². The highest BCUT2D eigenvalue weighted by molar-refractivity contribution is 7.89. The summed E-state index contributed by atoms with van der Waals surface area (Å²) >= 11 is 0. The van der Waals surface area contributed by atoms with E-state index in [1.807, 2.05) is 0 Å². The molecule has 1 saturated carbocycles. The van der Waals surface area contributed by atoms with Crippen LogP contribution in [-0.4, -0.2) is 25.3 Å². The van der Waals surface area contributed by atoms with Crippen LogP contribution in [0.5, 0.6) is 0 Å². The lowest BCUT2D eigenvalue weighted by Gasteiger charge is -2.20. The quantitative estimate of drug-likeness (QED) is 0.665. The molecule has 0 spiro atoms. The molecule has 1 aliphatic carbocycles. The zero-order valence-corrected chi connectivity index (χ0v) is 11.6. The fourth-order valence-electron chi connectivity index (χ4n) is 1.89. The van der Waals surface area contributed by atoms with E-state index < -0.39 is 15.8 Å². The van der Waals surface area contributed by atoms with Gasteiger partial charge in [0.05, 0.1) is 4.90 Å². The molecule has 0 radical (unpaired) electrons. The minimum Gasteiger partial charge on any atom is -0.398 e. The molecular weight excluding hydrogens is 267 g/mol. The molecule has 19 heavy (non-hydrogen) atoms. The highest BCUT2D eigenvalue weighted by Gasteiger charge is 2.37. The second kappa shape index (κ2) is 4.94. The largest absolute Gasteiger partial charge is 0.398 e. The molecule has 1 aliphatic rings. The van der Waals surface area contributed by atoms with Crippen LogP contribution in [0.15, 0.2) is 29.7 Å². The van der Waals surface area contributed by atoms with Gasteiger partial charge >= 0.3 is 0 Å². The maximum absolute atomic E-state index is 13.7. The molecule has 1 aromatic carbocycles. The van der Waals surface area contributed by atoms with E-state index in [1.165, 1.54) is 23.4 Å². The van der Waals surface area contributed by atoms with Gasteiger partial charge in [0, 0.05) is 23.8 Å². The number of hydrogen-bond donors (Lipinski definition) is 1. The first-order chi connectivity index (χ1) is 8.87. The average Bonchev–Trinajstić information content (AvgIpc) is 3.16. The lowest BCUT2D eigenvalue weighted by Crippen LogP contribution is -2.33. The van der Waals surface area contributed by atoms with E-state index in [4.69, 9.17) is 5.73 Å². The molecule has 0 atom stereocenters. The van der Waals surface area contributed by atoms with Crippen molar-refractivity contribution < 1.29 is 12.8 Å². The summed E-state index contributed by atoms with van der Waals surface area (Å²) in [6.45, 7) is 5.30. The molecule has 0 aromatic heterocycles. The van der Waals surface area contributed by atoms with Gasteiger partial charge in [0.1, 0.15) is 5.82 Å². The molecular formula is C13H17FN2O2S. The molecule has 0 bridgehead atoms. The van der Waals surface area contributed by atoms with Crippen LogP contribution < -0.4 is 5.73 Å². The number of rotatable bonds is 5. The predicted molar refractivity (Wildman–Crippen MR) is 72.7 cm³/mol. The van der Waals surface area contributed by atoms with E-state index >= 15 is 0 Å². The Morgan fingerprint density at radius 3 is 2.63 bits per heavy atom. The van der Waals surface area contributed by atoms with Gasteiger partial charge in [-0.25, -0.2) is 12.8 Å². The first-order valence-corrected chi connectivity index (χ1v) is 7.50. The second-order valence-electron chi connectivity index (χ2n) is 4.71. The fraction of sp³-hybridized carbons (Fsp3) is 0.385. The monoisotopic (exact) mass is 284 g/mol. The normalized spacial score (nSPS) is 15.7. The van der Waals surface area contributed by atoms with Crippen molar-refractivity contribution in [2.75, 3.05) is 12.3 Å². The van der Waals surface area contributed by atoms with Crippen molar-refractivity contribution in [3.05, 3.63) is 36.2 Å². The van der Waals surface area contributed by atoms with Crippen LogP contribution in [0, 0.1) is 12.7 Å². The molecule has 6 heteroatoms. The van der Waals surface area contributed by atoms with Gasteiger partial charge in [0.15, 0.2) is 0 Å². The molecule has 2 rings (SSSR count). The molecule has 1 fully saturated rings. The fourth-order valence-corrected chi connectivity index (χ4v) is 3.60. The second-order valence-corrected chi connectivity index (χ2v) is 6.60. The van der Waals surface area contributed by atoms with Gasteiger partial charge in [-0.2, -0.15) is 4.31 Å². The van der Waals surface area contributed by atoms with Crippen LogP contribution in [0.3, 0.4) is 0 Å². The maximum atomic E-state index is 13.7. The highest BCUT2D eigenvalue weighted by atomic mass is 32.2. The van der Waals surface area contributed by atoms with Gasteiger partial charge in [0.25, 0.3) is 0 Å². The molecule has 104 valence electrons. The van der Waals surface area contributed by atoms with E-state index in [0.29, 0.717) is 0 Å². The molecule has 4 nitrogen and oxygen atoms in total. The lowest BCUT2D eigenvalue weighted by molar-refractivity contribution is 0.435. The molecule has 0 amide bonds. The number of nitrogens with zero attached hydrogens (tertiary/aromatic N) is 1. The number of nitrogen functional groups attached to an aromatic ring is 1. The smallest absolute Gasteiger partial charge is 0.243 e. The predicted octanol–water partition coefficient (Wildman–Crippen LogP) is 2.06. The first kappa shape index (κ1) is 14.0. The van der Waals surface area contributed by atoms with E-state index in [9.17, 15) is 12.8 Å². The Kier molecular flexibility index (Phi) is 3.64. The molecule has 0 heterocycles. The van der Waals surface area contributed by atoms with Crippen molar-refractivity contribution >= 4 is 15.7 Å². The molecule has 2 N–H and O–H groups in total. The zero-order valence-electron chi connectivity index (χ0n) is 10.8. The molecule has 1 aromatic rings. The summed E-state index contributed by atoms with van der Waals surface area (Å²) < 4.78 is 40.0. The summed E-state index contributed by atoms with van der Waals surface area (Å²) in [5.74, 6) is -0.604. The van der Waals surface area contributed by atoms with Crippen LogP contribution >= 0.6 is 0 Å². The Morgan fingerprint density at radius 1 is 1.53 bits per heavy atom. The summed E-state index contributed by atoms with van der Waals surface area (Å²) in [5.41, 5.74) is 6.05. The highest BCUT2D eigenvalue weighted by Crippen LogP contribution is 2.33. The van der Waals surface area contributed by atoms with Crippen LogP contribution in [0.25, 0.3) is 0 Å². The Morgan fingerprint density at radius 2 is 2.16 bits per heavy atom. The SMILES string of the molecule is C=CCN(C1CC1)S(=O)(=O)c1cc(N)c(C)c(F)c1. The molecule has 0 unspecified atom stereocenters. The van der Waals surface area contributed by atoms with Crippen LogP contribution in [0.1, 0.15) is 18.4 Å². The summed E-state index contributed by atoms with van der Waals surface area (Å²) in [7, 11) is -3.72. The van der Waals surface area contributed by atoms with Crippen molar-refractivity contribution in [1.29, 1.82) is 0 Å². The third-order valence-electron chi connectivity index (χ3n) is 3.23. The number of halogens is 1. The first-order valence-electron chi connectivity index (χ1n) is 6.06. The standard InChI is InChI=1S/C13H17FN2O2S/c1-3-6-16(10-4-5-10)19(17,18)11-7-12(14)9(2)13(15)8-11/h3,7-8,10H,1,4-6,15H2,2H3. The van der Waals surface area contributed by atoms with Gasteiger partial charge in [-0.1, -0.05) is 6.08 Å². The summed E-state index contributed by atoms with van der Waals surface area (Å²) in [6, 6.07) is 2.33. The van der Waals surface area contributed by atoms with Gasteiger partial charge in [0.2, 0.25) is 10.0 Å². The van der Waals surface area contributed by atoms with Crippen molar-refractivity contribution in [2.24, 2.45) is 0 Å². The number of sulfonamides is 1. The van der Waals surface area contributed by atoms with Crippen molar-refractivity contribution in [1.82, 2.24) is 4.31 Å². The van der Waals surface area contributed by atoms with Crippen LogP contribution in [0.4, 0.5) is 10.1 Å². The summed E-state index contributed by atoms with van der Waals surface area (Å²) in [4.78, 5) is -0.0955. The number of hydrogen-bond acceptors (Lipinski definition) is 3. The van der Waals surface area contributed by atoms with E-state index in [1.54, 1.807) is 0 Å². The Labute approximate surface area is 112 Å². The zero-order chi connectivity index (χ0) is 14.2. The van der Waals surface area contributed by atoms with E-state index in [-0.39, 0.29) is 28.7 Å². The third-order valence-corrected chi connectivity index (χ3v) is 5.12. The van der Waals surface area contributed by atoms with E-state index in [2.05, 4.69) is 6.58 Å². The average molecular weight is 284 g/mol. The summed E-state index contributed by atoms with van der Waals surface area (Å²) in [6.07, 6.45) is 3.19. The Bertz CT molecular complexity index is 586. The van der Waals surface area contributed by atoms with Crippen molar-refractivity contribution in [3.8, 4) is 0 Å². The van der Waals surface area contributed by atoms with Crippen molar-refractivity contribution in [2.45, 2.75) is 30.7 Å².